The zero-order valence-electron chi connectivity index (χ0n) is 10.4. The van der Waals surface area contributed by atoms with Gasteiger partial charge in [0.15, 0.2) is 5.78 Å². The molecule has 0 radical (unpaired) electrons. The van der Waals surface area contributed by atoms with E-state index in [4.69, 9.17) is 11.6 Å². The Morgan fingerprint density at radius 2 is 1.89 bits per heavy atom. The van der Waals surface area contributed by atoms with E-state index in [1.165, 1.54) is 0 Å². The van der Waals surface area contributed by atoms with Crippen molar-refractivity contribution in [1.82, 2.24) is 9.13 Å². The molecule has 0 amide bonds. The number of carbonyl (C=O) groups excluding carboxylic acids is 1. The van der Waals surface area contributed by atoms with E-state index in [0.717, 1.165) is 11.0 Å². The fraction of sp³-hybridized carbons (Fsp3) is 0.385. The van der Waals surface area contributed by atoms with Crippen molar-refractivity contribution in [3.63, 3.8) is 0 Å². The molecule has 0 spiro atoms. The highest BCUT2D eigenvalue weighted by molar-refractivity contribution is 6.18. The number of ketones is 1. The molecule has 1 heterocycles. The second-order valence-corrected chi connectivity index (χ2v) is 4.70. The van der Waals surface area contributed by atoms with Crippen LogP contribution in [0.25, 0.3) is 11.0 Å². The first-order valence-electron chi connectivity index (χ1n) is 5.81. The summed E-state index contributed by atoms with van der Waals surface area (Å²) in [5, 5.41) is 0. The van der Waals surface area contributed by atoms with Gasteiger partial charge in [-0.05, 0) is 24.6 Å². The molecule has 0 N–H and O–H groups in total. The first-order valence-corrected chi connectivity index (χ1v) is 6.34. The van der Waals surface area contributed by atoms with E-state index in [1.807, 2.05) is 6.07 Å². The summed E-state index contributed by atoms with van der Waals surface area (Å²) in [4.78, 5) is 23.7. The van der Waals surface area contributed by atoms with Gasteiger partial charge >= 0.3 is 5.69 Å². The first-order chi connectivity index (χ1) is 8.56. The number of Topliss-reactive ketones (excluding diaryl/α,β-unsaturated/α-hetero) is 1. The second-order valence-electron chi connectivity index (χ2n) is 4.32. The van der Waals surface area contributed by atoms with Gasteiger partial charge in [-0.1, -0.05) is 0 Å². The van der Waals surface area contributed by atoms with E-state index in [9.17, 15) is 9.59 Å². The summed E-state index contributed by atoms with van der Waals surface area (Å²) in [6.45, 7) is 0. The fourth-order valence-corrected chi connectivity index (χ4v) is 2.19. The number of carbonyl (C=O) groups is 1. The van der Waals surface area contributed by atoms with Crippen LogP contribution in [-0.2, 0) is 14.1 Å². The highest BCUT2D eigenvalue weighted by atomic mass is 35.5. The number of nitrogens with zero attached hydrogens (tertiary/aromatic N) is 2. The molecule has 18 heavy (non-hydrogen) atoms. The maximum atomic E-state index is 11.9. The predicted molar refractivity (Wildman–Crippen MR) is 72.4 cm³/mol. The molecule has 0 fully saturated rings. The van der Waals surface area contributed by atoms with Crippen molar-refractivity contribution in [2.24, 2.45) is 14.1 Å². The maximum absolute atomic E-state index is 11.9. The van der Waals surface area contributed by atoms with Gasteiger partial charge < -0.3 is 0 Å². The van der Waals surface area contributed by atoms with Crippen LogP contribution in [0.2, 0.25) is 0 Å². The number of hydrogen-bond donors (Lipinski definition) is 0. The van der Waals surface area contributed by atoms with Crippen LogP contribution in [0.3, 0.4) is 0 Å². The van der Waals surface area contributed by atoms with Crippen LogP contribution in [0.15, 0.2) is 23.0 Å². The highest BCUT2D eigenvalue weighted by Gasteiger charge is 2.11. The molecule has 0 aliphatic rings. The van der Waals surface area contributed by atoms with Gasteiger partial charge in [-0.15, -0.1) is 11.6 Å². The molecule has 0 aliphatic carbocycles. The lowest BCUT2D eigenvalue weighted by atomic mass is 10.1. The normalized spacial score (nSPS) is 11.1. The Balaban J connectivity index is 2.48. The van der Waals surface area contributed by atoms with E-state index in [2.05, 4.69) is 0 Å². The van der Waals surface area contributed by atoms with Gasteiger partial charge in [0.25, 0.3) is 0 Å². The number of benzene rings is 1. The predicted octanol–water partition coefficient (Wildman–Crippen LogP) is 2.08. The molecule has 2 rings (SSSR count). The Morgan fingerprint density at radius 1 is 1.22 bits per heavy atom. The summed E-state index contributed by atoms with van der Waals surface area (Å²) in [6.07, 6.45) is 1.11. The number of hydrogen-bond acceptors (Lipinski definition) is 2. The largest absolute Gasteiger partial charge is 0.328 e. The van der Waals surface area contributed by atoms with E-state index >= 15 is 0 Å². The second kappa shape index (κ2) is 4.98. The van der Waals surface area contributed by atoms with Crippen LogP contribution in [0.5, 0.6) is 0 Å². The van der Waals surface area contributed by atoms with E-state index in [0.29, 0.717) is 24.3 Å². The minimum atomic E-state index is -0.0876. The Morgan fingerprint density at radius 3 is 2.56 bits per heavy atom. The van der Waals surface area contributed by atoms with Crippen molar-refractivity contribution in [3.8, 4) is 0 Å². The third-order valence-corrected chi connectivity index (χ3v) is 3.40. The molecule has 0 aliphatic heterocycles. The summed E-state index contributed by atoms with van der Waals surface area (Å²) in [6, 6.07) is 5.34. The van der Waals surface area contributed by atoms with Gasteiger partial charge in [0, 0.05) is 32.0 Å². The van der Waals surface area contributed by atoms with Crippen LogP contribution in [-0.4, -0.2) is 20.8 Å². The summed E-state index contributed by atoms with van der Waals surface area (Å²) >= 11 is 5.58. The molecule has 0 unspecified atom stereocenters. The summed E-state index contributed by atoms with van der Waals surface area (Å²) in [5.74, 6) is 0.548. The minimum Gasteiger partial charge on any atom is -0.295 e. The van der Waals surface area contributed by atoms with Gasteiger partial charge in [0.2, 0.25) is 0 Å². The molecule has 0 saturated heterocycles. The van der Waals surface area contributed by atoms with Crippen LogP contribution >= 0.6 is 11.6 Å². The third-order valence-electron chi connectivity index (χ3n) is 3.13. The zero-order valence-corrected chi connectivity index (χ0v) is 11.2. The zero-order chi connectivity index (χ0) is 13.3. The van der Waals surface area contributed by atoms with Gasteiger partial charge in [-0.2, -0.15) is 0 Å². The molecule has 2 aromatic rings. The summed E-state index contributed by atoms with van der Waals surface area (Å²) in [5.41, 5.74) is 2.15. The summed E-state index contributed by atoms with van der Waals surface area (Å²) in [7, 11) is 3.43. The van der Waals surface area contributed by atoms with Crippen molar-refractivity contribution in [3.05, 3.63) is 34.2 Å². The molecular weight excluding hydrogens is 252 g/mol. The lowest BCUT2D eigenvalue weighted by Gasteiger charge is -2.01. The van der Waals surface area contributed by atoms with Crippen molar-refractivity contribution in [2.75, 3.05) is 5.88 Å². The molecular formula is C13H15ClN2O2. The summed E-state index contributed by atoms with van der Waals surface area (Å²) < 4.78 is 3.12. The number of alkyl halides is 1. The SMILES string of the molecule is Cn1c(=O)n(C)c2cc(C(=O)CCCCl)ccc21. The minimum absolute atomic E-state index is 0.0638. The number of halogens is 1. The number of imidazole rings is 1. The van der Waals surface area contributed by atoms with Gasteiger partial charge in [-0.3, -0.25) is 13.9 Å². The molecule has 0 saturated carbocycles. The number of aryl methyl sites for hydroxylation is 2. The van der Waals surface area contributed by atoms with E-state index in [-0.39, 0.29) is 11.5 Å². The quantitative estimate of drug-likeness (QED) is 0.628. The Hall–Kier alpha value is -1.55. The van der Waals surface area contributed by atoms with E-state index < -0.39 is 0 Å². The molecule has 0 bridgehead atoms. The molecule has 1 aromatic carbocycles. The maximum Gasteiger partial charge on any atom is 0.328 e. The van der Waals surface area contributed by atoms with Crippen molar-refractivity contribution >= 4 is 28.4 Å². The highest BCUT2D eigenvalue weighted by Crippen LogP contribution is 2.15. The van der Waals surface area contributed by atoms with Crippen molar-refractivity contribution < 1.29 is 4.79 Å². The lowest BCUT2D eigenvalue weighted by Crippen LogP contribution is -2.19. The smallest absolute Gasteiger partial charge is 0.295 e. The van der Waals surface area contributed by atoms with Crippen molar-refractivity contribution in [1.29, 1.82) is 0 Å². The monoisotopic (exact) mass is 266 g/mol. The Kier molecular flexibility index (Phi) is 3.57. The van der Waals surface area contributed by atoms with Crippen LogP contribution in [0.4, 0.5) is 0 Å². The topological polar surface area (TPSA) is 44.0 Å². The molecule has 0 atom stereocenters. The number of rotatable bonds is 4. The number of aromatic nitrogens is 2. The van der Waals surface area contributed by atoms with Crippen LogP contribution in [0, 0.1) is 0 Å². The molecule has 1 aromatic heterocycles. The average Bonchev–Trinajstić information content (AvgIpc) is 2.61. The van der Waals surface area contributed by atoms with Crippen LogP contribution in [0.1, 0.15) is 23.2 Å². The standard InChI is InChI=1S/C13H15ClN2O2/c1-15-10-6-5-9(12(17)4-3-7-14)8-11(10)16(2)13(15)18/h5-6,8H,3-4,7H2,1-2H3. The Labute approximate surface area is 110 Å². The number of fused-ring (bicyclic) bond motifs is 1. The third kappa shape index (κ3) is 2.08. The first kappa shape index (κ1) is 12.9. The average molecular weight is 267 g/mol. The molecule has 5 heteroatoms. The molecule has 96 valence electrons. The van der Waals surface area contributed by atoms with Gasteiger partial charge in [-0.25, -0.2) is 4.79 Å². The molecule has 4 nitrogen and oxygen atoms in total. The fourth-order valence-electron chi connectivity index (χ4n) is 2.05. The lowest BCUT2D eigenvalue weighted by molar-refractivity contribution is 0.0982. The van der Waals surface area contributed by atoms with Gasteiger partial charge in [0.05, 0.1) is 11.0 Å². The van der Waals surface area contributed by atoms with Crippen LogP contribution < -0.4 is 5.69 Å². The Bertz CT molecular complexity index is 655. The van der Waals surface area contributed by atoms with Gasteiger partial charge in [0.1, 0.15) is 0 Å². The van der Waals surface area contributed by atoms with E-state index in [1.54, 1.807) is 35.4 Å². The van der Waals surface area contributed by atoms with Crippen molar-refractivity contribution in [2.45, 2.75) is 12.8 Å².